The molecule has 62 valence electrons. The van der Waals surface area contributed by atoms with Crippen molar-refractivity contribution < 1.29 is 9.84 Å². The third-order valence-electron chi connectivity index (χ3n) is 1.42. The monoisotopic (exact) mass is 282 g/mol. The molecular formula is C7H8Br2O2. The van der Waals surface area contributed by atoms with Gasteiger partial charge in [-0.3, -0.25) is 0 Å². The summed E-state index contributed by atoms with van der Waals surface area (Å²) in [7, 11) is 1.55. The summed E-state index contributed by atoms with van der Waals surface area (Å²) in [6, 6.07) is 0. The standard InChI is InChI=1S/C7H8Br2O2/c1-11-6-3-2-5(8)4-7(6,9)10/h2-4,6,10H,1H3. The van der Waals surface area contributed by atoms with Gasteiger partial charge >= 0.3 is 0 Å². The van der Waals surface area contributed by atoms with E-state index in [1.165, 1.54) is 0 Å². The van der Waals surface area contributed by atoms with Crippen LogP contribution in [0.15, 0.2) is 22.7 Å². The van der Waals surface area contributed by atoms with Crippen molar-refractivity contribution in [3.8, 4) is 0 Å². The SMILES string of the molecule is COC1C=CC(Br)=CC1(O)Br. The molecule has 2 nitrogen and oxygen atoms in total. The lowest BCUT2D eigenvalue weighted by atomic mass is 10.1. The number of ether oxygens (including phenoxy) is 1. The Morgan fingerprint density at radius 1 is 1.73 bits per heavy atom. The van der Waals surface area contributed by atoms with Crippen LogP contribution in [0.4, 0.5) is 0 Å². The fourth-order valence-electron chi connectivity index (χ4n) is 0.882. The van der Waals surface area contributed by atoms with Gasteiger partial charge in [0.05, 0.1) is 0 Å². The Morgan fingerprint density at radius 3 is 2.82 bits per heavy atom. The first-order valence-corrected chi connectivity index (χ1v) is 4.65. The van der Waals surface area contributed by atoms with Crippen molar-refractivity contribution in [1.82, 2.24) is 0 Å². The molecule has 1 aliphatic carbocycles. The molecule has 1 aliphatic rings. The summed E-state index contributed by atoms with van der Waals surface area (Å²) in [6.45, 7) is 0. The Balaban J connectivity index is 2.84. The molecule has 0 aliphatic heterocycles. The molecule has 0 aromatic carbocycles. The van der Waals surface area contributed by atoms with Crippen LogP contribution in [0.2, 0.25) is 0 Å². The first kappa shape index (κ1) is 9.45. The maximum atomic E-state index is 9.64. The molecule has 2 unspecified atom stereocenters. The van der Waals surface area contributed by atoms with Crippen molar-refractivity contribution in [2.75, 3.05) is 7.11 Å². The van der Waals surface area contributed by atoms with E-state index in [0.717, 1.165) is 4.48 Å². The zero-order chi connectivity index (χ0) is 8.48. The highest BCUT2D eigenvalue weighted by Gasteiger charge is 2.32. The van der Waals surface area contributed by atoms with E-state index in [1.54, 1.807) is 19.3 Å². The molecule has 0 bridgehead atoms. The topological polar surface area (TPSA) is 29.5 Å². The van der Waals surface area contributed by atoms with E-state index in [4.69, 9.17) is 4.74 Å². The molecule has 1 N–H and O–H groups in total. The number of methoxy groups -OCH3 is 1. The van der Waals surface area contributed by atoms with Crippen LogP contribution in [-0.2, 0) is 4.74 Å². The fraction of sp³-hybridized carbons (Fsp3) is 0.429. The highest BCUT2D eigenvalue weighted by Crippen LogP contribution is 2.31. The number of alkyl halides is 1. The molecule has 0 fully saturated rings. The molecule has 2 atom stereocenters. The first-order chi connectivity index (χ1) is 5.06. The Labute approximate surface area is 82.2 Å². The van der Waals surface area contributed by atoms with Crippen LogP contribution in [0.5, 0.6) is 0 Å². The smallest absolute Gasteiger partial charge is 0.169 e. The van der Waals surface area contributed by atoms with Crippen LogP contribution in [0.1, 0.15) is 0 Å². The minimum atomic E-state index is -1.09. The fourth-order valence-corrected chi connectivity index (χ4v) is 2.28. The van der Waals surface area contributed by atoms with Gasteiger partial charge in [-0.1, -0.05) is 22.0 Å². The van der Waals surface area contributed by atoms with Crippen LogP contribution < -0.4 is 0 Å². The van der Waals surface area contributed by atoms with Gasteiger partial charge in [0.1, 0.15) is 6.10 Å². The zero-order valence-corrected chi connectivity index (χ0v) is 9.09. The van der Waals surface area contributed by atoms with Gasteiger partial charge in [-0.15, -0.1) is 0 Å². The molecule has 0 saturated carbocycles. The van der Waals surface area contributed by atoms with E-state index in [9.17, 15) is 5.11 Å². The van der Waals surface area contributed by atoms with Gasteiger partial charge in [-0.2, -0.15) is 0 Å². The van der Waals surface area contributed by atoms with E-state index < -0.39 is 4.51 Å². The van der Waals surface area contributed by atoms with Crippen molar-refractivity contribution in [2.45, 2.75) is 10.6 Å². The first-order valence-electron chi connectivity index (χ1n) is 3.07. The molecule has 0 amide bonds. The minimum absolute atomic E-state index is 0.330. The van der Waals surface area contributed by atoms with Gasteiger partial charge < -0.3 is 9.84 Å². The quantitative estimate of drug-likeness (QED) is 0.746. The van der Waals surface area contributed by atoms with E-state index in [1.807, 2.05) is 6.08 Å². The summed E-state index contributed by atoms with van der Waals surface area (Å²) in [5.41, 5.74) is 0. The van der Waals surface area contributed by atoms with E-state index in [-0.39, 0.29) is 6.10 Å². The van der Waals surface area contributed by atoms with Crippen molar-refractivity contribution in [2.24, 2.45) is 0 Å². The number of hydrogen-bond acceptors (Lipinski definition) is 2. The number of halogens is 2. The van der Waals surface area contributed by atoms with Gasteiger partial charge in [-0.25, -0.2) is 0 Å². The number of aliphatic hydroxyl groups is 1. The van der Waals surface area contributed by atoms with Crippen molar-refractivity contribution in [3.05, 3.63) is 22.7 Å². The summed E-state index contributed by atoms with van der Waals surface area (Å²) in [6.07, 6.45) is 4.92. The van der Waals surface area contributed by atoms with Gasteiger partial charge in [0.2, 0.25) is 0 Å². The maximum Gasteiger partial charge on any atom is 0.169 e. The molecular weight excluding hydrogens is 276 g/mol. The highest BCUT2D eigenvalue weighted by molar-refractivity contribution is 9.12. The number of hydrogen-bond donors (Lipinski definition) is 1. The number of allylic oxidation sites excluding steroid dienone is 2. The lowest BCUT2D eigenvalue weighted by Crippen LogP contribution is -2.35. The highest BCUT2D eigenvalue weighted by atomic mass is 79.9. The lowest BCUT2D eigenvalue weighted by Gasteiger charge is -2.27. The number of rotatable bonds is 1. The summed E-state index contributed by atoms with van der Waals surface area (Å²) >= 11 is 6.38. The second kappa shape index (κ2) is 3.39. The Hall–Kier alpha value is 0.360. The summed E-state index contributed by atoms with van der Waals surface area (Å²) in [5.74, 6) is 0. The summed E-state index contributed by atoms with van der Waals surface area (Å²) in [5, 5.41) is 9.64. The van der Waals surface area contributed by atoms with Crippen molar-refractivity contribution in [1.29, 1.82) is 0 Å². The van der Waals surface area contributed by atoms with Crippen molar-refractivity contribution >= 4 is 31.9 Å². The Bertz CT molecular complexity index is 208. The van der Waals surface area contributed by atoms with Crippen LogP contribution in [0, 0.1) is 0 Å². The molecule has 4 heteroatoms. The van der Waals surface area contributed by atoms with Crippen LogP contribution >= 0.6 is 31.9 Å². The van der Waals surface area contributed by atoms with Crippen LogP contribution in [0.25, 0.3) is 0 Å². The second-order valence-electron chi connectivity index (χ2n) is 2.27. The van der Waals surface area contributed by atoms with Gasteiger partial charge in [0.15, 0.2) is 4.51 Å². The van der Waals surface area contributed by atoms with E-state index in [0.29, 0.717) is 0 Å². The molecule has 0 radical (unpaired) electrons. The van der Waals surface area contributed by atoms with E-state index in [2.05, 4.69) is 31.9 Å². The molecule has 11 heavy (non-hydrogen) atoms. The van der Waals surface area contributed by atoms with Gasteiger partial charge in [0, 0.05) is 11.6 Å². The normalized spacial score (nSPS) is 37.1. The summed E-state index contributed by atoms with van der Waals surface area (Å²) in [4.78, 5) is 0. The zero-order valence-electron chi connectivity index (χ0n) is 5.92. The lowest BCUT2D eigenvalue weighted by molar-refractivity contribution is 0.0249. The molecule has 1 rings (SSSR count). The van der Waals surface area contributed by atoms with Crippen LogP contribution in [0.3, 0.4) is 0 Å². The molecule has 0 spiro atoms. The van der Waals surface area contributed by atoms with Gasteiger partial charge in [0.25, 0.3) is 0 Å². The third-order valence-corrected chi connectivity index (χ3v) is 2.60. The third kappa shape index (κ3) is 2.15. The van der Waals surface area contributed by atoms with E-state index >= 15 is 0 Å². The predicted octanol–water partition coefficient (Wildman–Crippen LogP) is 1.93. The largest absolute Gasteiger partial charge is 0.373 e. The predicted molar refractivity (Wildman–Crippen MR) is 50.8 cm³/mol. The van der Waals surface area contributed by atoms with Gasteiger partial charge in [-0.05, 0) is 28.1 Å². The molecule has 0 saturated heterocycles. The minimum Gasteiger partial charge on any atom is -0.373 e. The molecule has 0 aromatic rings. The summed E-state index contributed by atoms with van der Waals surface area (Å²) < 4.78 is 4.76. The van der Waals surface area contributed by atoms with Crippen molar-refractivity contribution in [3.63, 3.8) is 0 Å². The second-order valence-corrected chi connectivity index (χ2v) is 4.46. The maximum absolute atomic E-state index is 9.64. The molecule has 0 heterocycles. The average molecular weight is 284 g/mol. The van der Waals surface area contributed by atoms with Crippen LogP contribution in [-0.4, -0.2) is 22.8 Å². The average Bonchev–Trinajstić information content (AvgIpc) is 1.85. The Morgan fingerprint density at radius 2 is 2.36 bits per heavy atom. The molecule has 0 aromatic heterocycles. The Kier molecular flexibility index (Phi) is 2.91.